The van der Waals surface area contributed by atoms with Gasteiger partial charge in [-0.05, 0) is 29.7 Å². The minimum absolute atomic E-state index is 0.108. The lowest BCUT2D eigenvalue weighted by atomic mass is 10.1. The molecular formula is C19H16ClFN2O3S. The predicted octanol–water partition coefficient (Wildman–Crippen LogP) is 4.04. The number of hydrogen-bond acceptors (Lipinski definition) is 3. The molecule has 0 saturated heterocycles. The summed E-state index contributed by atoms with van der Waals surface area (Å²) in [6.07, 6.45) is 0.968. The van der Waals surface area contributed by atoms with Gasteiger partial charge in [-0.1, -0.05) is 48.0 Å². The number of anilines is 2. The maximum Gasteiger partial charge on any atom is 0.245 e. The smallest absolute Gasteiger partial charge is 0.245 e. The quantitative estimate of drug-likeness (QED) is 0.695. The summed E-state index contributed by atoms with van der Waals surface area (Å²) in [5, 5.41) is 4.29. The highest BCUT2D eigenvalue weighted by molar-refractivity contribution is 7.92. The zero-order valence-electron chi connectivity index (χ0n) is 14.3. The molecule has 0 spiro atoms. The van der Waals surface area contributed by atoms with Crippen LogP contribution in [0.2, 0.25) is 5.02 Å². The summed E-state index contributed by atoms with van der Waals surface area (Å²) in [5.74, 6) is -1.20. The van der Waals surface area contributed by atoms with Crippen LogP contribution in [0.15, 0.2) is 60.7 Å². The van der Waals surface area contributed by atoms with E-state index < -0.39 is 28.3 Å². The van der Waals surface area contributed by atoms with Gasteiger partial charge in [0.2, 0.25) is 15.9 Å². The SMILES string of the molecule is CS(=O)(=O)N(CC(=O)Nc1cccc2ccccc12)c1ccc(F)c(Cl)c1. The standard InChI is InChI=1S/C19H16ClFN2O3S/c1-27(25,26)23(14-9-10-17(21)16(20)11-14)12-19(24)22-18-8-4-6-13-5-2-3-7-15(13)18/h2-11H,12H2,1H3,(H,22,24). The molecule has 3 rings (SSSR count). The zero-order valence-corrected chi connectivity index (χ0v) is 15.9. The van der Waals surface area contributed by atoms with Crippen LogP contribution in [-0.4, -0.2) is 27.1 Å². The molecule has 0 fully saturated rings. The molecule has 0 aliphatic rings. The molecule has 0 heterocycles. The Labute approximate surface area is 161 Å². The lowest BCUT2D eigenvalue weighted by Gasteiger charge is -2.22. The predicted molar refractivity (Wildman–Crippen MR) is 106 cm³/mol. The van der Waals surface area contributed by atoms with E-state index in [1.165, 1.54) is 12.1 Å². The molecule has 0 bridgehead atoms. The van der Waals surface area contributed by atoms with Gasteiger partial charge in [0.25, 0.3) is 0 Å². The van der Waals surface area contributed by atoms with Crippen LogP contribution < -0.4 is 9.62 Å². The first-order valence-electron chi connectivity index (χ1n) is 7.96. The highest BCUT2D eigenvalue weighted by atomic mass is 35.5. The Morgan fingerprint density at radius 1 is 1.11 bits per heavy atom. The Hall–Kier alpha value is -2.64. The van der Waals surface area contributed by atoms with Crippen LogP contribution in [0.3, 0.4) is 0 Å². The third-order valence-corrected chi connectivity index (χ3v) is 5.37. The number of nitrogens with zero attached hydrogens (tertiary/aromatic N) is 1. The largest absolute Gasteiger partial charge is 0.324 e. The van der Waals surface area contributed by atoms with E-state index in [0.29, 0.717) is 5.69 Å². The van der Waals surface area contributed by atoms with Crippen molar-refractivity contribution in [3.05, 3.63) is 71.5 Å². The van der Waals surface area contributed by atoms with E-state index >= 15 is 0 Å². The first-order valence-corrected chi connectivity index (χ1v) is 10.2. The van der Waals surface area contributed by atoms with Crippen molar-refractivity contribution in [2.24, 2.45) is 0 Å². The Morgan fingerprint density at radius 2 is 1.81 bits per heavy atom. The number of halogens is 2. The molecular weight excluding hydrogens is 391 g/mol. The minimum atomic E-state index is -3.79. The fraction of sp³-hybridized carbons (Fsp3) is 0.105. The molecule has 5 nitrogen and oxygen atoms in total. The van der Waals surface area contributed by atoms with Gasteiger partial charge in [0, 0.05) is 11.1 Å². The first kappa shape index (κ1) is 19.1. The third kappa shape index (κ3) is 4.37. The van der Waals surface area contributed by atoms with Gasteiger partial charge in [-0.25, -0.2) is 12.8 Å². The second-order valence-corrected chi connectivity index (χ2v) is 8.26. The summed E-state index contributed by atoms with van der Waals surface area (Å²) in [6, 6.07) is 16.4. The van der Waals surface area contributed by atoms with E-state index in [2.05, 4.69) is 5.32 Å². The summed E-state index contributed by atoms with van der Waals surface area (Å²) in [4.78, 5) is 12.5. The van der Waals surface area contributed by atoms with Gasteiger partial charge in [-0.15, -0.1) is 0 Å². The van der Waals surface area contributed by atoms with Gasteiger partial charge in [0.1, 0.15) is 12.4 Å². The average molecular weight is 407 g/mol. The van der Waals surface area contributed by atoms with Crippen molar-refractivity contribution >= 4 is 49.7 Å². The van der Waals surface area contributed by atoms with Crippen LogP contribution in [0, 0.1) is 5.82 Å². The maximum absolute atomic E-state index is 13.4. The monoisotopic (exact) mass is 406 g/mol. The van der Waals surface area contributed by atoms with E-state index in [1.54, 1.807) is 12.1 Å². The fourth-order valence-corrected chi connectivity index (χ4v) is 3.72. The van der Waals surface area contributed by atoms with E-state index in [-0.39, 0.29) is 10.7 Å². The van der Waals surface area contributed by atoms with Crippen molar-refractivity contribution in [3.63, 3.8) is 0 Å². The van der Waals surface area contributed by atoms with Crippen molar-refractivity contribution in [2.75, 3.05) is 22.4 Å². The van der Waals surface area contributed by atoms with Crippen LogP contribution in [0.4, 0.5) is 15.8 Å². The summed E-state index contributed by atoms with van der Waals surface area (Å²) < 4.78 is 38.5. The van der Waals surface area contributed by atoms with Crippen LogP contribution in [0.1, 0.15) is 0 Å². The Morgan fingerprint density at radius 3 is 2.52 bits per heavy atom. The van der Waals surface area contributed by atoms with Crippen LogP contribution >= 0.6 is 11.6 Å². The Kier molecular flexibility index (Phi) is 5.34. The van der Waals surface area contributed by atoms with Crippen molar-refractivity contribution in [2.45, 2.75) is 0 Å². The first-order chi connectivity index (χ1) is 12.8. The second kappa shape index (κ2) is 7.54. The molecule has 1 N–H and O–H groups in total. The molecule has 0 aliphatic heterocycles. The molecule has 8 heteroatoms. The van der Waals surface area contributed by atoms with Gasteiger partial charge in [-0.3, -0.25) is 9.10 Å². The summed E-state index contributed by atoms with van der Waals surface area (Å²) in [7, 11) is -3.79. The third-order valence-electron chi connectivity index (χ3n) is 3.94. The lowest BCUT2D eigenvalue weighted by Crippen LogP contribution is -2.37. The fourth-order valence-electron chi connectivity index (χ4n) is 2.69. The molecule has 3 aromatic rings. The van der Waals surface area contributed by atoms with Crippen LogP contribution in [-0.2, 0) is 14.8 Å². The number of fused-ring (bicyclic) bond motifs is 1. The van der Waals surface area contributed by atoms with E-state index in [4.69, 9.17) is 11.6 Å². The van der Waals surface area contributed by atoms with Gasteiger partial charge in [-0.2, -0.15) is 0 Å². The zero-order chi connectivity index (χ0) is 19.6. The number of nitrogens with one attached hydrogen (secondary N) is 1. The molecule has 0 saturated carbocycles. The summed E-state index contributed by atoms with van der Waals surface area (Å²) in [5.41, 5.74) is 0.681. The number of rotatable bonds is 5. The van der Waals surface area contributed by atoms with Crippen molar-refractivity contribution in [1.82, 2.24) is 0 Å². The molecule has 0 unspecified atom stereocenters. The van der Waals surface area contributed by atoms with Gasteiger partial charge < -0.3 is 5.32 Å². The molecule has 3 aromatic carbocycles. The lowest BCUT2D eigenvalue weighted by molar-refractivity contribution is -0.114. The molecule has 27 heavy (non-hydrogen) atoms. The Bertz CT molecular complexity index is 1110. The topological polar surface area (TPSA) is 66.5 Å². The average Bonchev–Trinajstić information content (AvgIpc) is 2.61. The molecule has 0 radical (unpaired) electrons. The van der Waals surface area contributed by atoms with Crippen molar-refractivity contribution < 1.29 is 17.6 Å². The number of carbonyl (C=O) groups excluding carboxylic acids is 1. The van der Waals surface area contributed by atoms with Gasteiger partial charge >= 0.3 is 0 Å². The maximum atomic E-state index is 13.4. The van der Waals surface area contributed by atoms with Crippen molar-refractivity contribution in [1.29, 1.82) is 0 Å². The van der Waals surface area contributed by atoms with Gasteiger partial charge in [0.15, 0.2) is 0 Å². The minimum Gasteiger partial charge on any atom is -0.324 e. The summed E-state index contributed by atoms with van der Waals surface area (Å²) in [6.45, 7) is -0.468. The second-order valence-electron chi connectivity index (χ2n) is 5.94. The van der Waals surface area contributed by atoms with E-state index in [0.717, 1.165) is 27.4 Å². The van der Waals surface area contributed by atoms with Crippen LogP contribution in [0.5, 0.6) is 0 Å². The molecule has 0 atom stereocenters. The number of benzene rings is 3. The highest BCUT2D eigenvalue weighted by Crippen LogP contribution is 2.26. The molecule has 0 aromatic heterocycles. The summed E-state index contributed by atoms with van der Waals surface area (Å²) >= 11 is 5.74. The van der Waals surface area contributed by atoms with E-state index in [9.17, 15) is 17.6 Å². The Balaban J connectivity index is 1.88. The van der Waals surface area contributed by atoms with Crippen molar-refractivity contribution in [3.8, 4) is 0 Å². The molecule has 1 amide bonds. The number of amides is 1. The highest BCUT2D eigenvalue weighted by Gasteiger charge is 2.22. The normalized spacial score (nSPS) is 11.4. The van der Waals surface area contributed by atoms with Crippen LogP contribution in [0.25, 0.3) is 10.8 Å². The molecule has 140 valence electrons. The number of sulfonamides is 1. The molecule has 0 aliphatic carbocycles. The van der Waals surface area contributed by atoms with E-state index in [1.807, 2.05) is 30.3 Å². The number of hydrogen-bond donors (Lipinski definition) is 1. The number of carbonyl (C=O) groups is 1. The van der Waals surface area contributed by atoms with Gasteiger partial charge in [0.05, 0.1) is 17.0 Å².